The monoisotopic (exact) mass is 237 g/mol. The van der Waals surface area contributed by atoms with Gasteiger partial charge >= 0.3 is 0 Å². The first kappa shape index (κ1) is 11.1. The molecule has 1 aromatic rings. The molecule has 0 radical (unpaired) electrons. The van der Waals surface area contributed by atoms with E-state index in [0.717, 1.165) is 17.7 Å². The Kier molecular flexibility index (Phi) is 2.97. The number of Topliss-reactive ketones (excluding diaryl/α,β-unsaturated/α-hetero) is 1. The number of benzene rings is 1. The van der Waals surface area contributed by atoms with Gasteiger partial charge in [-0.1, -0.05) is 0 Å². The van der Waals surface area contributed by atoms with Crippen LogP contribution in [0.4, 0.5) is 5.69 Å². The molecule has 1 amide bonds. The number of rotatable bonds is 2. The maximum absolute atomic E-state index is 11.5. The number of hydrogen-bond donors (Lipinski definition) is 0. The quantitative estimate of drug-likeness (QED) is 0.583. The van der Waals surface area contributed by atoms with Gasteiger partial charge in [-0.2, -0.15) is 0 Å². The van der Waals surface area contributed by atoms with E-state index < -0.39 is 0 Å². The zero-order chi connectivity index (χ0) is 11.7. The van der Waals surface area contributed by atoms with E-state index in [0.29, 0.717) is 12.1 Å². The first-order valence-corrected chi connectivity index (χ1v) is 5.67. The number of fused-ring (bicyclic) bond motifs is 1. The smallest absolute Gasteiger partial charge is 0.241 e. The molecule has 1 heterocycles. The predicted octanol–water partition coefficient (Wildman–Crippen LogP) is 2.02. The van der Waals surface area contributed by atoms with Crippen LogP contribution in [-0.2, 0) is 11.2 Å². The Bertz CT molecular complexity index is 456. The summed E-state index contributed by atoms with van der Waals surface area (Å²) in [6.45, 7) is 2.20. The Hall–Kier alpha value is -1.35. The zero-order valence-electron chi connectivity index (χ0n) is 9.00. The summed E-state index contributed by atoms with van der Waals surface area (Å²) in [6.07, 6.45) is 0.791. The lowest BCUT2D eigenvalue weighted by Crippen LogP contribution is -2.29. The lowest BCUT2D eigenvalue weighted by molar-refractivity contribution is -0.116. The first-order valence-electron chi connectivity index (χ1n) is 5.13. The maximum atomic E-state index is 11.5. The summed E-state index contributed by atoms with van der Waals surface area (Å²) in [7, 11) is 0. The molecule has 0 saturated carbocycles. The number of carbonyl (C=O) groups is 2. The van der Waals surface area contributed by atoms with Gasteiger partial charge < -0.3 is 4.90 Å². The number of amides is 1. The van der Waals surface area contributed by atoms with Crippen molar-refractivity contribution in [1.82, 2.24) is 0 Å². The van der Waals surface area contributed by atoms with Crippen LogP contribution in [0, 0.1) is 0 Å². The molecule has 0 atom stereocenters. The minimum absolute atomic E-state index is 0.00605. The van der Waals surface area contributed by atoms with E-state index in [4.69, 9.17) is 11.6 Å². The summed E-state index contributed by atoms with van der Waals surface area (Å²) in [6, 6.07) is 5.43. The SMILES string of the molecule is CC(=O)c1ccc2c(c1)CCN2C(=O)CCl. The van der Waals surface area contributed by atoms with Gasteiger partial charge in [0, 0.05) is 17.8 Å². The highest BCUT2D eigenvalue weighted by Crippen LogP contribution is 2.29. The second-order valence-corrected chi connectivity index (χ2v) is 4.10. The zero-order valence-corrected chi connectivity index (χ0v) is 9.75. The van der Waals surface area contributed by atoms with Gasteiger partial charge in [-0.05, 0) is 37.1 Å². The van der Waals surface area contributed by atoms with E-state index in [1.807, 2.05) is 12.1 Å². The van der Waals surface area contributed by atoms with Crippen LogP contribution in [0.2, 0.25) is 0 Å². The highest BCUT2D eigenvalue weighted by atomic mass is 35.5. The Balaban J connectivity index is 2.36. The first-order chi connectivity index (χ1) is 7.63. The summed E-state index contributed by atoms with van der Waals surface area (Å²) < 4.78 is 0. The van der Waals surface area contributed by atoms with Crippen LogP contribution >= 0.6 is 11.6 Å². The number of hydrogen-bond acceptors (Lipinski definition) is 2. The lowest BCUT2D eigenvalue weighted by Gasteiger charge is -2.15. The molecule has 3 nitrogen and oxygen atoms in total. The fourth-order valence-electron chi connectivity index (χ4n) is 1.95. The number of nitrogens with zero attached hydrogens (tertiary/aromatic N) is 1. The van der Waals surface area contributed by atoms with Crippen molar-refractivity contribution < 1.29 is 9.59 Å². The van der Waals surface area contributed by atoms with Crippen molar-refractivity contribution in [2.45, 2.75) is 13.3 Å². The molecule has 0 N–H and O–H groups in total. The largest absolute Gasteiger partial charge is 0.311 e. The highest BCUT2D eigenvalue weighted by Gasteiger charge is 2.24. The van der Waals surface area contributed by atoms with Crippen LogP contribution in [0.15, 0.2) is 18.2 Å². The van der Waals surface area contributed by atoms with Crippen LogP contribution in [-0.4, -0.2) is 24.1 Å². The minimum Gasteiger partial charge on any atom is -0.311 e. The molecule has 0 unspecified atom stereocenters. The molecule has 0 fully saturated rings. The average molecular weight is 238 g/mol. The standard InChI is InChI=1S/C12H12ClNO2/c1-8(15)9-2-3-11-10(6-9)4-5-14(11)12(16)7-13/h2-3,6H,4-5,7H2,1H3. The summed E-state index contributed by atoms with van der Waals surface area (Å²) in [5.74, 6) is -0.0469. The van der Waals surface area contributed by atoms with Crippen molar-refractivity contribution in [2.75, 3.05) is 17.3 Å². The fourth-order valence-corrected chi connectivity index (χ4v) is 2.10. The van der Waals surface area contributed by atoms with Gasteiger partial charge in [0.05, 0.1) is 0 Å². The molecule has 1 aliphatic rings. The van der Waals surface area contributed by atoms with Gasteiger partial charge in [0.1, 0.15) is 5.88 Å². The van der Waals surface area contributed by atoms with Crippen molar-refractivity contribution >= 4 is 29.0 Å². The fraction of sp³-hybridized carbons (Fsp3) is 0.333. The Morgan fingerprint density at radius 3 is 2.81 bits per heavy atom. The number of alkyl halides is 1. The molecule has 0 aromatic heterocycles. The van der Waals surface area contributed by atoms with Gasteiger partial charge in [-0.3, -0.25) is 9.59 Å². The van der Waals surface area contributed by atoms with Crippen LogP contribution < -0.4 is 4.90 Å². The summed E-state index contributed by atoms with van der Waals surface area (Å²) >= 11 is 5.53. The molecular weight excluding hydrogens is 226 g/mol. The third kappa shape index (κ3) is 1.83. The predicted molar refractivity (Wildman–Crippen MR) is 63.2 cm³/mol. The molecule has 0 aliphatic carbocycles. The molecule has 4 heteroatoms. The normalized spacial score (nSPS) is 13.8. The summed E-state index contributed by atoms with van der Waals surface area (Å²) in [4.78, 5) is 24.4. The second-order valence-electron chi connectivity index (χ2n) is 3.83. The Morgan fingerprint density at radius 2 is 2.19 bits per heavy atom. The van der Waals surface area contributed by atoms with Crippen molar-refractivity contribution in [2.24, 2.45) is 0 Å². The molecule has 0 spiro atoms. The third-order valence-corrected chi connectivity index (χ3v) is 3.03. The van der Waals surface area contributed by atoms with Crippen molar-refractivity contribution in [3.05, 3.63) is 29.3 Å². The van der Waals surface area contributed by atoms with E-state index >= 15 is 0 Å². The van der Waals surface area contributed by atoms with E-state index in [1.54, 1.807) is 17.9 Å². The molecule has 0 bridgehead atoms. The number of ketones is 1. The summed E-state index contributed by atoms with van der Waals surface area (Å²) in [5.41, 5.74) is 2.63. The minimum atomic E-state index is -0.0870. The summed E-state index contributed by atoms with van der Waals surface area (Å²) in [5, 5.41) is 0. The van der Waals surface area contributed by atoms with Crippen molar-refractivity contribution in [1.29, 1.82) is 0 Å². The van der Waals surface area contributed by atoms with Crippen molar-refractivity contribution in [3.63, 3.8) is 0 Å². The van der Waals surface area contributed by atoms with Gasteiger partial charge in [0.25, 0.3) is 0 Å². The molecule has 2 rings (SSSR count). The lowest BCUT2D eigenvalue weighted by atomic mass is 10.1. The average Bonchev–Trinajstić information content (AvgIpc) is 2.70. The molecule has 84 valence electrons. The van der Waals surface area contributed by atoms with Crippen LogP contribution in [0.25, 0.3) is 0 Å². The van der Waals surface area contributed by atoms with Gasteiger partial charge in [0.15, 0.2) is 5.78 Å². The second kappa shape index (κ2) is 4.26. The maximum Gasteiger partial charge on any atom is 0.241 e. The van der Waals surface area contributed by atoms with E-state index in [1.165, 1.54) is 0 Å². The molecule has 16 heavy (non-hydrogen) atoms. The van der Waals surface area contributed by atoms with Crippen LogP contribution in [0.1, 0.15) is 22.8 Å². The molecule has 0 saturated heterocycles. The molecule has 1 aromatic carbocycles. The number of carbonyl (C=O) groups excluding carboxylic acids is 2. The van der Waals surface area contributed by atoms with Gasteiger partial charge in [-0.25, -0.2) is 0 Å². The third-order valence-electron chi connectivity index (χ3n) is 2.80. The topological polar surface area (TPSA) is 37.4 Å². The number of halogens is 1. The van der Waals surface area contributed by atoms with Gasteiger partial charge in [-0.15, -0.1) is 11.6 Å². The molecular formula is C12H12ClNO2. The van der Waals surface area contributed by atoms with Crippen molar-refractivity contribution in [3.8, 4) is 0 Å². The highest BCUT2D eigenvalue weighted by molar-refractivity contribution is 6.29. The van der Waals surface area contributed by atoms with Crippen LogP contribution in [0.5, 0.6) is 0 Å². The van der Waals surface area contributed by atoms with Gasteiger partial charge in [0.2, 0.25) is 5.91 Å². The van der Waals surface area contributed by atoms with E-state index in [-0.39, 0.29) is 17.6 Å². The van der Waals surface area contributed by atoms with E-state index in [9.17, 15) is 9.59 Å². The van der Waals surface area contributed by atoms with Crippen LogP contribution in [0.3, 0.4) is 0 Å². The Labute approximate surface area is 99.0 Å². The molecule has 1 aliphatic heterocycles. The van der Waals surface area contributed by atoms with E-state index in [2.05, 4.69) is 0 Å². The Morgan fingerprint density at radius 1 is 1.44 bits per heavy atom. The number of anilines is 1.